The highest BCUT2D eigenvalue weighted by Gasteiger charge is 2.23. The number of hydrogen-bond donors (Lipinski definition) is 4. The molecule has 21 heavy (non-hydrogen) atoms. The molecule has 1 aliphatic rings. The second-order valence-corrected chi connectivity index (χ2v) is 6.30. The van der Waals surface area contributed by atoms with Crippen molar-refractivity contribution in [1.29, 1.82) is 0 Å². The average molecular weight is 303 g/mol. The predicted octanol–water partition coefficient (Wildman–Crippen LogP) is 1.13. The van der Waals surface area contributed by atoms with Gasteiger partial charge in [0.1, 0.15) is 11.3 Å². The number of nitrogens with one attached hydrogen (secondary N) is 3. The third-order valence-electron chi connectivity index (χ3n) is 3.83. The van der Waals surface area contributed by atoms with Crippen LogP contribution in [0.2, 0.25) is 0 Å². The quantitative estimate of drug-likeness (QED) is 0.538. The monoisotopic (exact) mass is 303 g/mol. The molecule has 4 rings (SSSR count). The van der Waals surface area contributed by atoms with E-state index in [1.54, 1.807) is 11.3 Å². The summed E-state index contributed by atoms with van der Waals surface area (Å²) < 4.78 is 0. The largest absolute Gasteiger partial charge is 0.390 e. The summed E-state index contributed by atoms with van der Waals surface area (Å²) in [6, 6.07) is 0. The minimum atomic E-state index is -0.564. The first kappa shape index (κ1) is 12.4. The van der Waals surface area contributed by atoms with E-state index in [0.29, 0.717) is 10.8 Å². The minimum Gasteiger partial charge on any atom is -0.390 e. The molecule has 0 aromatic carbocycles. The first-order valence-electron chi connectivity index (χ1n) is 6.76. The predicted molar refractivity (Wildman–Crippen MR) is 81.7 cm³/mol. The maximum absolute atomic E-state index is 11.8. The summed E-state index contributed by atoms with van der Waals surface area (Å²) >= 11 is 1.59. The van der Waals surface area contributed by atoms with Gasteiger partial charge in [-0.2, -0.15) is 0 Å². The number of rotatable bonds is 1. The topological polar surface area (TPSA) is 120 Å². The summed E-state index contributed by atoms with van der Waals surface area (Å²) in [6.45, 7) is 0. The average Bonchev–Trinajstić information content (AvgIpc) is 2.98. The van der Waals surface area contributed by atoms with E-state index in [-0.39, 0.29) is 11.2 Å². The van der Waals surface area contributed by atoms with Crippen LogP contribution in [0.3, 0.4) is 0 Å². The molecule has 0 bridgehead atoms. The number of nitrogen functional groups attached to an aromatic ring is 1. The number of H-pyrrole nitrogens is 3. The lowest BCUT2D eigenvalue weighted by Gasteiger charge is -2.11. The van der Waals surface area contributed by atoms with Crippen LogP contribution >= 0.6 is 11.3 Å². The van der Waals surface area contributed by atoms with Crippen molar-refractivity contribution in [3.05, 3.63) is 31.3 Å². The highest BCUT2D eigenvalue weighted by Crippen LogP contribution is 2.41. The lowest BCUT2D eigenvalue weighted by molar-refractivity contribution is 0.698. The number of aromatic nitrogens is 4. The molecule has 0 amide bonds. The highest BCUT2D eigenvalue weighted by molar-refractivity contribution is 7.16. The molecule has 0 radical (unpaired) electrons. The van der Waals surface area contributed by atoms with Crippen molar-refractivity contribution in [2.24, 2.45) is 0 Å². The van der Waals surface area contributed by atoms with Gasteiger partial charge in [0.25, 0.3) is 5.56 Å². The van der Waals surface area contributed by atoms with Gasteiger partial charge >= 0.3 is 5.69 Å². The Morgan fingerprint density at radius 2 is 1.90 bits per heavy atom. The molecular formula is C13H13N5O2S. The number of aryl methyl sites for hydroxylation is 1. The maximum atomic E-state index is 11.8. The molecule has 3 aromatic heterocycles. The van der Waals surface area contributed by atoms with E-state index in [1.165, 1.54) is 16.9 Å². The minimum absolute atomic E-state index is 0.258. The van der Waals surface area contributed by atoms with Crippen LogP contribution in [0.5, 0.6) is 0 Å². The molecule has 5 N–H and O–H groups in total. The molecular weight excluding hydrogens is 290 g/mol. The highest BCUT2D eigenvalue weighted by atomic mass is 32.1. The van der Waals surface area contributed by atoms with Crippen molar-refractivity contribution < 1.29 is 0 Å². The van der Waals surface area contributed by atoms with E-state index < -0.39 is 11.2 Å². The van der Waals surface area contributed by atoms with Gasteiger partial charge < -0.3 is 10.7 Å². The van der Waals surface area contributed by atoms with Gasteiger partial charge in [0.15, 0.2) is 5.65 Å². The van der Waals surface area contributed by atoms with Crippen molar-refractivity contribution in [1.82, 2.24) is 19.9 Å². The van der Waals surface area contributed by atoms with E-state index in [2.05, 4.69) is 19.9 Å². The van der Waals surface area contributed by atoms with E-state index in [4.69, 9.17) is 5.73 Å². The number of hydrogen-bond acceptors (Lipinski definition) is 5. The second-order valence-electron chi connectivity index (χ2n) is 5.17. The van der Waals surface area contributed by atoms with E-state index in [9.17, 15) is 9.59 Å². The van der Waals surface area contributed by atoms with Crippen LogP contribution in [-0.2, 0) is 12.8 Å². The molecule has 0 aliphatic heterocycles. The Balaban J connectivity index is 1.99. The van der Waals surface area contributed by atoms with Crippen molar-refractivity contribution in [2.75, 3.05) is 5.73 Å². The molecule has 8 heteroatoms. The summed E-state index contributed by atoms with van der Waals surface area (Å²) in [7, 11) is 0. The number of thiophene rings is 1. The summed E-state index contributed by atoms with van der Waals surface area (Å²) in [6.07, 6.45) is 4.33. The fourth-order valence-corrected chi connectivity index (χ4v) is 4.06. The number of anilines is 1. The number of nitrogens with two attached hydrogens (primary N) is 1. The van der Waals surface area contributed by atoms with Crippen LogP contribution in [0.25, 0.3) is 22.6 Å². The summed E-state index contributed by atoms with van der Waals surface area (Å²) in [4.78, 5) is 36.4. The number of fused-ring (bicyclic) bond motifs is 2. The molecule has 0 saturated heterocycles. The van der Waals surface area contributed by atoms with Crippen LogP contribution in [-0.4, -0.2) is 19.9 Å². The number of nitrogens with zero attached hydrogens (tertiary/aromatic N) is 1. The van der Waals surface area contributed by atoms with Crippen LogP contribution in [0.1, 0.15) is 23.3 Å². The maximum Gasteiger partial charge on any atom is 0.327 e. The SMILES string of the molecule is Nc1sc2c(c1-c1nc3[nH]c(=O)[nH]c(=O)c3[nH]1)CCCC2. The molecule has 3 aromatic rings. The van der Waals surface area contributed by atoms with Crippen LogP contribution < -0.4 is 17.0 Å². The zero-order valence-corrected chi connectivity index (χ0v) is 11.9. The molecule has 0 atom stereocenters. The molecule has 0 spiro atoms. The van der Waals surface area contributed by atoms with Crippen molar-refractivity contribution in [2.45, 2.75) is 25.7 Å². The Bertz CT molecular complexity index is 961. The number of imidazole rings is 1. The fourth-order valence-electron chi connectivity index (χ4n) is 2.90. The van der Waals surface area contributed by atoms with Crippen molar-refractivity contribution in [3.63, 3.8) is 0 Å². The third-order valence-corrected chi connectivity index (χ3v) is 4.95. The summed E-state index contributed by atoms with van der Waals surface area (Å²) in [5.74, 6) is 0.550. The molecule has 7 nitrogen and oxygen atoms in total. The smallest absolute Gasteiger partial charge is 0.327 e. The Labute approximate surface area is 122 Å². The van der Waals surface area contributed by atoms with Gasteiger partial charge in [0.05, 0.1) is 10.6 Å². The first-order chi connectivity index (χ1) is 10.1. The molecule has 0 fully saturated rings. The first-order valence-corrected chi connectivity index (χ1v) is 7.58. The van der Waals surface area contributed by atoms with Gasteiger partial charge in [0, 0.05) is 4.88 Å². The molecule has 0 unspecified atom stereocenters. The van der Waals surface area contributed by atoms with Crippen LogP contribution in [0, 0.1) is 0 Å². The summed E-state index contributed by atoms with van der Waals surface area (Å²) in [5, 5.41) is 0.708. The third kappa shape index (κ3) is 1.83. The van der Waals surface area contributed by atoms with Crippen molar-refractivity contribution in [3.8, 4) is 11.4 Å². The number of aromatic amines is 3. The lowest BCUT2D eigenvalue weighted by atomic mass is 9.95. The zero-order chi connectivity index (χ0) is 14.6. The molecule has 3 heterocycles. The zero-order valence-electron chi connectivity index (χ0n) is 11.1. The van der Waals surface area contributed by atoms with Crippen LogP contribution in [0.4, 0.5) is 5.00 Å². The Morgan fingerprint density at radius 1 is 1.10 bits per heavy atom. The van der Waals surface area contributed by atoms with E-state index in [1.807, 2.05) is 0 Å². The van der Waals surface area contributed by atoms with Gasteiger partial charge in [0.2, 0.25) is 0 Å². The van der Waals surface area contributed by atoms with Gasteiger partial charge in [-0.15, -0.1) is 11.3 Å². The van der Waals surface area contributed by atoms with Gasteiger partial charge in [-0.1, -0.05) is 0 Å². The Hall–Kier alpha value is -2.35. The van der Waals surface area contributed by atoms with E-state index >= 15 is 0 Å². The normalized spacial score (nSPS) is 14.5. The second kappa shape index (κ2) is 4.32. The Morgan fingerprint density at radius 3 is 2.76 bits per heavy atom. The molecule has 108 valence electrons. The fraction of sp³-hybridized carbons (Fsp3) is 0.308. The molecule has 1 aliphatic carbocycles. The lowest BCUT2D eigenvalue weighted by Crippen LogP contribution is -2.21. The van der Waals surface area contributed by atoms with E-state index in [0.717, 1.165) is 24.8 Å². The van der Waals surface area contributed by atoms with Gasteiger partial charge in [-0.3, -0.25) is 14.8 Å². The standard InChI is InChI=1S/C13H13N5O2S/c14-9-7(5-3-1-2-4-6(5)21-9)10-15-8-11(16-10)17-13(20)18-12(8)19/h1-4,14H2,(H3,15,16,17,18,19,20). The van der Waals surface area contributed by atoms with Gasteiger partial charge in [-0.25, -0.2) is 9.78 Å². The van der Waals surface area contributed by atoms with Crippen LogP contribution in [0.15, 0.2) is 9.59 Å². The van der Waals surface area contributed by atoms with Crippen molar-refractivity contribution >= 4 is 27.5 Å². The van der Waals surface area contributed by atoms with Gasteiger partial charge in [-0.05, 0) is 31.2 Å². The Kier molecular flexibility index (Phi) is 2.55. The molecule has 0 saturated carbocycles. The summed E-state index contributed by atoms with van der Waals surface area (Å²) in [5.41, 5.74) is 7.73.